The standard InChI is InChI=1S/C7H17N.C3H6/c1-4-6-7(5-2)8-3;1-3-2/h7-8H,4-6H2,1-3H3;3H,1H2,2H3. The molecule has 0 saturated heterocycles. The fourth-order valence-corrected chi connectivity index (χ4v) is 0.901. The molecule has 0 aromatic rings. The summed E-state index contributed by atoms with van der Waals surface area (Å²) in [4.78, 5) is 0. The van der Waals surface area contributed by atoms with Crippen LogP contribution in [0.2, 0.25) is 0 Å². The number of rotatable bonds is 4. The van der Waals surface area contributed by atoms with Gasteiger partial charge < -0.3 is 5.32 Å². The van der Waals surface area contributed by atoms with E-state index in [1.54, 1.807) is 6.08 Å². The summed E-state index contributed by atoms with van der Waals surface area (Å²) in [6.45, 7) is 9.69. The first-order valence-corrected chi connectivity index (χ1v) is 4.50. The largest absolute Gasteiger partial charge is 0.317 e. The van der Waals surface area contributed by atoms with Gasteiger partial charge in [0.2, 0.25) is 0 Å². The second kappa shape index (κ2) is 12.4. The lowest BCUT2D eigenvalue weighted by Crippen LogP contribution is -2.23. The van der Waals surface area contributed by atoms with E-state index in [2.05, 4.69) is 25.7 Å². The fraction of sp³-hybridized carbons (Fsp3) is 0.800. The molecular weight excluding hydrogens is 134 g/mol. The van der Waals surface area contributed by atoms with Gasteiger partial charge in [0.15, 0.2) is 0 Å². The van der Waals surface area contributed by atoms with Crippen LogP contribution < -0.4 is 5.32 Å². The van der Waals surface area contributed by atoms with E-state index in [4.69, 9.17) is 0 Å². The van der Waals surface area contributed by atoms with Crippen LogP contribution in [0, 0.1) is 0 Å². The van der Waals surface area contributed by atoms with Gasteiger partial charge in [0, 0.05) is 6.04 Å². The van der Waals surface area contributed by atoms with Gasteiger partial charge in [0.05, 0.1) is 0 Å². The van der Waals surface area contributed by atoms with Crippen LogP contribution in [0.15, 0.2) is 12.7 Å². The summed E-state index contributed by atoms with van der Waals surface area (Å²) in [5.74, 6) is 0. The van der Waals surface area contributed by atoms with Crippen LogP contribution >= 0.6 is 0 Å². The molecule has 0 aromatic heterocycles. The van der Waals surface area contributed by atoms with Gasteiger partial charge in [-0.25, -0.2) is 0 Å². The van der Waals surface area contributed by atoms with Crippen molar-refractivity contribution in [1.82, 2.24) is 5.32 Å². The molecule has 0 fully saturated rings. The molecule has 68 valence electrons. The van der Waals surface area contributed by atoms with Crippen LogP contribution in [0.25, 0.3) is 0 Å². The fourth-order valence-electron chi connectivity index (χ4n) is 0.901. The first-order valence-electron chi connectivity index (χ1n) is 4.50. The van der Waals surface area contributed by atoms with E-state index in [0.717, 1.165) is 6.04 Å². The minimum absolute atomic E-state index is 0.750. The van der Waals surface area contributed by atoms with E-state index in [0.29, 0.717) is 0 Å². The van der Waals surface area contributed by atoms with E-state index in [-0.39, 0.29) is 0 Å². The molecule has 0 heterocycles. The molecule has 1 atom stereocenters. The Labute approximate surface area is 71.9 Å². The number of hydrogen-bond donors (Lipinski definition) is 1. The second-order valence-corrected chi connectivity index (χ2v) is 2.59. The van der Waals surface area contributed by atoms with Crippen molar-refractivity contribution in [2.24, 2.45) is 0 Å². The van der Waals surface area contributed by atoms with Crippen LogP contribution in [-0.2, 0) is 0 Å². The Balaban J connectivity index is 0. The Morgan fingerprint density at radius 1 is 1.45 bits per heavy atom. The highest BCUT2D eigenvalue weighted by molar-refractivity contribution is 4.59. The van der Waals surface area contributed by atoms with Crippen molar-refractivity contribution < 1.29 is 0 Å². The molecule has 0 aliphatic heterocycles. The first kappa shape index (κ1) is 13.3. The molecule has 0 rings (SSSR count). The van der Waals surface area contributed by atoms with Crippen molar-refractivity contribution in [3.63, 3.8) is 0 Å². The predicted octanol–water partition coefficient (Wildman–Crippen LogP) is 2.98. The molecular formula is C10H23N. The van der Waals surface area contributed by atoms with Crippen molar-refractivity contribution >= 4 is 0 Å². The zero-order valence-corrected chi connectivity index (χ0v) is 8.48. The van der Waals surface area contributed by atoms with Gasteiger partial charge in [0.25, 0.3) is 0 Å². The maximum Gasteiger partial charge on any atom is 0.00613 e. The predicted molar refractivity (Wildman–Crippen MR) is 53.9 cm³/mol. The van der Waals surface area contributed by atoms with Crippen molar-refractivity contribution in [2.45, 2.75) is 46.1 Å². The number of hydrogen-bond acceptors (Lipinski definition) is 1. The Kier molecular flexibility index (Phi) is 15.0. The molecule has 1 N–H and O–H groups in total. The molecule has 0 radical (unpaired) electrons. The summed E-state index contributed by atoms with van der Waals surface area (Å²) in [7, 11) is 2.03. The summed E-state index contributed by atoms with van der Waals surface area (Å²) in [6, 6.07) is 0.750. The van der Waals surface area contributed by atoms with Gasteiger partial charge in [-0.3, -0.25) is 0 Å². The van der Waals surface area contributed by atoms with Crippen molar-refractivity contribution in [1.29, 1.82) is 0 Å². The zero-order valence-electron chi connectivity index (χ0n) is 8.48. The molecule has 1 heteroatoms. The summed E-state index contributed by atoms with van der Waals surface area (Å²) in [6.07, 6.45) is 5.61. The molecule has 0 saturated carbocycles. The molecule has 0 bridgehead atoms. The second-order valence-electron chi connectivity index (χ2n) is 2.59. The van der Waals surface area contributed by atoms with Crippen LogP contribution in [0.5, 0.6) is 0 Å². The Bertz CT molecular complexity index is 65.3. The summed E-state index contributed by atoms with van der Waals surface area (Å²) in [5.41, 5.74) is 0. The van der Waals surface area contributed by atoms with Gasteiger partial charge in [-0.05, 0) is 26.8 Å². The van der Waals surface area contributed by atoms with Crippen molar-refractivity contribution in [2.75, 3.05) is 7.05 Å². The van der Waals surface area contributed by atoms with Crippen LogP contribution in [-0.4, -0.2) is 13.1 Å². The lowest BCUT2D eigenvalue weighted by atomic mass is 10.1. The van der Waals surface area contributed by atoms with Crippen LogP contribution in [0.4, 0.5) is 0 Å². The van der Waals surface area contributed by atoms with Crippen molar-refractivity contribution in [3.05, 3.63) is 12.7 Å². The lowest BCUT2D eigenvalue weighted by molar-refractivity contribution is 0.503. The molecule has 0 amide bonds. The molecule has 0 aliphatic rings. The number of nitrogens with one attached hydrogen (secondary N) is 1. The van der Waals surface area contributed by atoms with E-state index in [1.807, 2.05) is 14.0 Å². The summed E-state index contributed by atoms with van der Waals surface area (Å²) < 4.78 is 0. The van der Waals surface area contributed by atoms with Crippen LogP contribution in [0.1, 0.15) is 40.0 Å². The Morgan fingerprint density at radius 3 is 2.00 bits per heavy atom. The first-order chi connectivity index (χ1) is 5.26. The SMILES string of the molecule is C=CC.CCCC(CC)NC. The average molecular weight is 157 g/mol. The third-order valence-corrected chi connectivity index (χ3v) is 1.54. The maximum absolute atomic E-state index is 3.36. The zero-order chi connectivity index (χ0) is 9.11. The van der Waals surface area contributed by atoms with Crippen LogP contribution in [0.3, 0.4) is 0 Å². The average Bonchev–Trinajstić information content (AvgIpc) is 2.02. The topological polar surface area (TPSA) is 12.0 Å². The van der Waals surface area contributed by atoms with Crippen molar-refractivity contribution in [3.8, 4) is 0 Å². The van der Waals surface area contributed by atoms with Gasteiger partial charge in [0.1, 0.15) is 0 Å². The Morgan fingerprint density at radius 2 is 1.91 bits per heavy atom. The number of allylic oxidation sites excluding steroid dienone is 1. The monoisotopic (exact) mass is 157 g/mol. The quantitative estimate of drug-likeness (QED) is 0.619. The molecule has 1 unspecified atom stereocenters. The minimum atomic E-state index is 0.750. The summed E-state index contributed by atoms with van der Waals surface area (Å²) in [5, 5.41) is 3.25. The highest BCUT2D eigenvalue weighted by Gasteiger charge is 1.97. The normalized spacial score (nSPS) is 11.3. The smallest absolute Gasteiger partial charge is 0.00613 e. The van der Waals surface area contributed by atoms with E-state index < -0.39 is 0 Å². The molecule has 0 spiro atoms. The highest BCUT2D eigenvalue weighted by Crippen LogP contribution is 1.98. The van der Waals surface area contributed by atoms with Gasteiger partial charge in [-0.15, -0.1) is 6.58 Å². The summed E-state index contributed by atoms with van der Waals surface area (Å²) >= 11 is 0. The molecule has 1 nitrogen and oxygen atoms in total. The third-order valence-electron chi connectivity index (χ3n) is 1.54. The lowest BCUT2D eigenvalue weighted by Gasteiger charge is -2.10. The highest BCUT2D eigenvalue weighted by atomic mass is 14.9. The Hall–Kier alpha value is -0.300. The molecule has 11 heavy (non-hydrogen) atoms. The van der Waals surface area contributed by atoms with Gasteiger partial charge in [-0.2, -0.15) is 0 Å². The van der Waals surface area contributed by atoms with E-state index in [1.165, 1.54) is 19.3 Å². The molecule has 0 aromatic carbocycles. The van der Waals surface area contributed by atoms with E-state index >= 15 is 0 Å². The van der Waals surface area contributed by atoms with Gasteiger partial charge >= 0.3 is 0 Å². The minimum Gasteiger partial charge on any atom is -0.317 e. The third kappa shape index (κ3) is 12.8. The molecule has 0 aliphatic carbocycles. The van der Waals surface area contributed by atoms with Gasteiger partial charge in [-0.1, -0.05) is 26.3 Å². The van der Waals surface area contributed by atoms with E-state index in [9.17, 15) is 0 Å². The maximum atomic E-state index is 3.36.